The fraction of sp³-hybridized carbons (Fsp3) is 0.273. The predicted octanol–water partition coefficient (Wildman–Crippen LogP) is 4.14. The van der Waals surface area contributed by atoms with E-state index in [0.717, 1.165) is 33.4 Å². The lowest BCUT2D eigenvalue weighted by atomic mass is 10.1. The molecular formula is C22H23N3O4S2. The molecule has 7 nitrogen and oxygen atoms in total. The van der Waals surface area contributed by atoms with Gasteiger partial charge in [-0.1, -0.05) is 47.8 Å². The van der Waals surface area contributed by atoms with Gasteiger partial charge in [0.15, 0.2) is 6.61 Å². The van der Waals surface area contributed by atoms with Crippen LogP contribution in [0.5, 0.6) is 0 Å². The summed E-state index contributed by atoms with van der Waals surface area (Å²) in [6.07, 6.45) is 0. The second-order valence-corrected chi connectivity index (χ2v) is 9.13. The van der Waals surface area contributed by atoms with Crippen molar-refractivity contribution in [3.05, 3.63) is 64.7 Å². The number of imide groups is 1. The summed E-state index contributed by atoms with van der Waals surface area (Å²) in [7, 11) is 0. The summed E-state index contributed by atoms with van der Waals surface area (Å²) in [5.41, 5.74) is 3.89. The molecule has 0 fully saturated rings. The second-order valence-electron chi connectivity index (χ2n) is 6.82. The minimum absolute atomic E-state index is 0.394. The van der Waals surface area contributed by atoms with Crippen LogP contribution >= 0.6 is 23.5 Å². The van der Waals surface area contributed by atoms with E-state index in [1.807, 2.05) is 38.1 Å². The molecule has 0 saturated carbocycles. The van der Waals surface area contributed by atoms with Crippen LogP contribution in [0.25, 0.3) is 0 Å². The molecule has 2 N–H and O–H groups in total. The van der Waals surface area contributed by atoms with Crippen LogP contribution in [0.3, 0.4) is 0 Å². The topological polar surface area (TPSA) is 96.9 Å². The summed E-state index contributed by atoms with van der Waals surface area (Å²) >= 11 is 3.28. The smallest absolute Gasteiger partial charge is 0.338 e. The molecule has 0 bridgehead atoms. The molecule has 9 heteroatoms. The van der Waals surface area contributed by atoms with Crippen molar-refractivity contribution in [3.63, 3.8) is 0 Å². The van der Waals surface area contributed by atoms with Crippen LogP contribution in [0.2, 0.25) is 0 Å². The summed E-state index contributed by atoms with van der Waals surface area (Å²) in [4.78, 5) is 40.9. The quantitative estimate of drug-likeness (QED) is 0.633. The highest BCUT2D eigenvalue weighted by atomic mass is 32.2. The average Bonchev–Trinajstić information content (AvgIpc) is 3.27. The Kier molecular flexibility index (Phi) is 8.13. The molecule has 0 spiro atoms. The zero-order valence-corrected chi connectivity index (χ0v) is 18.9. The molecule has 2 aromatic rings. The summed E-state index contributed by atoms with van der Waals surface area (Å²) in [6, 6.07) is 11.8. The van der Waals surface area contributed by atoms with Gasteiger partial charge in [-0.3, -0.25) is 15.1 Å². The van der Waals surface area contributed by atoms with Crippen LogP contribution in [0.15, 0.2) is 47.5 Å². The number of nitrogens with one attached hydrogen (secondary N) is 2. The average molecular weight is 458 g/mol. The maximum Gasteiger partial charge on any atom is 0.338 e. The lowest BCUT2D eigenvalue weighted by molar-refractivity contribution is -0.123. The van der Waals surface area contributed by atoms with Gasteiger partial charge in [0.2, 0.25) is 0 Å². The Labute approximate surface area is 189 Å². The first-order chi connectivity index (χ1) is 14.9. The Morgan fingerprint density at radius 2 is 1.94 bits per heavy atom. The van der Waals surface area contributed by atoms with Crippen molar-refractivity contribution in [2.75, 3.05) is 24.2 Å². The number of rotatable bonds is 6. The van der Waals surface area contributed by atoms with E-state index in [2.05, 4.69) is 15.6 Å². The van der Waals surface area contributed by atoms with Crippen LogP contribution in [0.1, 0.15) is 27.0 Å². The third-order valence-corrected chi connectivity index (χ3v) is 6.80. The summed E-state index contributed by atoms with van der Waals surface area (Å²) in [5.74, 6) is 0.250. The number of aryl methyl sites for hydroxylation is 2. The van der Waals surface area contributed by atoms with Crippen molar-refractivity contribution >= 4 is 51.5 Å². The number of esters is 1. The molecule has 3 rings (SSSR count). The van der Waals surface area contributed by atoms with Gasteiger partial charge in [-0.2, -0.15) is 0 Å². The number of thioether (sulfide) groups is 2. The van der Waals surface area contributed by atoms with E-state index in [1.165, 1.54) is 0 Å². The Bertz CT molecular complexity index is 1020. The van der Waals surface area contributed by atoms with E-state index in [-0.39, 0.29) is 0 Å². The zero-order valence-electron chi connectivity index (χ0n) is 17.3. The van der Waals surface area contributed by atoms with Crippen LogP contribution in [-0.2, 0) is 15.3 Å². The standard InChI is InChI=1S/C22H23N3O4S2/c1-14-7-8-17(11-15(14)2)24-21(28)25-19(26)12-29-20(27)18-6-4-3-5-16(18)13-31-22-23-9-10-30-22/h3-8,11H,9-10,12-13H2,1-2H3,(H2,24,25,26,28). The van der Waals surface area contributed by atoms with Gasteiger partial charge in [0.05, 0.1) is 12.1 Å². The number of ether oxygens (including phenoxy) is 1. The van der Waals surface area contributed by atoms with Crippen LogP contribution in [0, 0.1) is 13.8 Å². The van der Waals surface area contributed by atoms with Crippen molar-refractivity contribution < 1.29 is 19.1 Å². The van der Waals surface area contributed by atoms with Crippen molar-refractivity contribution in [3.8, 4) is 0 Å². The number of amides is 3. The van der Waals surface area contributed by atoms with Gasteiger partial charge in [0.25, 0.3) is 5.91 Å². The number of benzene rings is 2. The van der Waals surface area contributed by atoms with Crippen LogP contribution < -0.4 is 10.6 Å². The van der Waals surface area contributed by atoms with E-state index in [1.54, 1.807) is 41.7 Å². The largest absolute Gasteiger partial charge is 0.452 e. The molecule has 0 aliphatic carbocycles. The minimum atomic E-state index is -0.710. The molecule has 1 aliphatic rings. The lowest BCUT2D eigenvalue weighted by Crippen LogP contribution is -2.37. The Hall–Kier alpha value is -2.78. The number of hydrogen-bond acceptors (Lipinski definition) is 7. The number of carbonyl (C=O) groups excluding carboxylic acids is 3. The van der Waals surface area contributed by atoms with E-state index in [0.29, 0.717) is 17.0 Å². The van der Waals surface area contributed by atoms with E-state index >= 15 is 0 Å². The number of anilines is 1. The molecule has 0 saturated heterocycles. The fourth-order valence-corrected chi connectivity index (χ4v) is 4.75. The normalized spacial score (nSPS) is 12.8. The number of hydrogen-bond donors (Lipinski definition) is 2. The Morgan fingerprint density at radius 3 is 2.68 bits per heavy atom. The number of carbonyl (C=O) groups is 3. The molecule has 3 amide bonds. The highest BCUT2D eigenvalue weighted by molar-refractivity contribution is 8.38. The van der Waals surface area contributed by atoms with Crippen molar-refractivity contribution in [1.82, 2.24) is 5.32 Å². The van der Waals surface area contributed by atoms with Gasteiger partial charge >= 0.3 is 12.0 Å². The first-order valence-corrected chi connectivity index (χ1v) is 11.6. The molecule has 1 heterocycles. The fourth-order valence-electron chi connectivity index (χ4n) is 2.74. The molecule has 0 unspecified atom stereocenters. The Balaban J connectivity index is 1.49. The molecule has 0 atom stereocenters. The van der Waals surface area contributed by atoms with Gasteiger partial charge in [-0.25, -0.2) is 9.59 Å². The molecule has 162 valence electrons. The zero-order chi connectivity index (χ0) is 22.2. The van der Waals surface area contributed by atoms with Crippen molar-refractivity contribution in [2.45, 2.75) is 19.6 Å². The lowest BCUT2D eigenvalue weighted by Gasteiger charge is -2.10. The van der Waals surface area contributed by atoms with Gasteiger partial charge in [0.1, 0.15) is 4.38 Å². The maximum atomic E-state index is 12.5. The highest BCUT2D eigenvalue weighted by Gasteiger charge is 2.17. The van der Waals surface area contributed by atoms with Crippen LogP contribution in [-0.4, -0.2) is 41.2 Å². The molecule has 31 heavy (non-hydrogen) atoms. The Morgan fingerprint density at radius 1 is 1.13 bits per heavy atom. The minimum Gasteiger partial charge on any atom is -0.452 e. The molecule has 1 aliphatic heterocycles. The number of aliphatic imine (C=N–C) groups is 1. The molecule has 2 aromatic carbocycles. The molecular weight excluding hydrogens is 434 g/mol. The van der Waals surface area contributed by atoms with Gasteiger partial charge in [-0.15, -0.1) is 0 Å². The highest BCUT2D eigenvalue weighted by Crippen LogP contribution is 2.26. The summed E-state index contributed by atoms with van der Waals surface area (Å²) < 4.78 is 6.12. The summed E-state index contributed by atoms with van der Waals surface area (Å²) in [5, 5.41) is 4.74. The first kappa shape index (κ1) is 22.9. The SMILES string of the molecule is Cc1ccc(NC(=O)NC(=O)COC(=O)c2ccccc2CSC2=NCCS2)cc1C. The van der Waals surface area contributed by atoms with E-state index < -0.39 is 24.5 Å². The second kappa shape index (κ2) is 11.0. The molecule has 0 radical (unpaired) electrons. The predicted molar refractivity (Wildman–Crippen MR) is 126 cm³/mol. The summed E-state index contributed by atoms with van der Waals surface area (Å²) in [6.45, 7) is 4.17. The van der Waals surface area contributed by atoms with Gasteiger partial charge in [-0.05, 0) is 48.7 Å². The molecule has 0 aromatic heterocycles. The van der Waals surface area contributed by atoms with Gasteiger partial charge in [0, 0.05) is 17.2 Å². The van der Waals surface area contributed by atoms with E-state index in [9.17, 15) is 14.4 Å². The van der Waals surface area contributed by atoms with E-state index in [4.69, 9.17) is 4.74 Å². The number of urea groups is 1. The third kappa shape index (κ3) is 6.86. The number of nitrogens with zero attached hydrogens (tertiary/aromatic N) is 1. The maximum absolute atomic E-state index is 12.5. The van der Waals surface area contributed by atoms with Crippen molar-refractivity contribution in [2.24, 2.45) is 4.99 Å². The third-order valence-electron chi connectivity index (χ3n) is 4.50. The van der Waals surface area contributed by atoms with Crippen LogP contribution in [0.4, 0.5) is 10.5 Å². The van der Waals surface area contributed by atoms with Crippen molar-refractivity contribution in [1.29, 1.82) is 0 Å². The monoisotopic (exact) mass is 457 g/mol. The first-order valence-electron chi connectivity index (χ1n) is 9.65. The van der Waals surface area contributed by atoms with Gasteiger partial charge < -0.3 is 10.1 Å².